The number of hydrogen-bond donors (Lipinski definition) is 3. The van der Waals surface area contributed by atoms with Gasteiger partial charge in [0.25, 0.3) is 0 Å². The molecule has 4 N–H and O–H groups in total. The number of aliphatic hydroxyl groups excluding tert-OH is 1. The van der Waals surface area contributed by atoms with E-state index in [1.165, 1.54) is 19.2 Å². The molecule has 1 aromatic carbocycles. The van der Waals surface area contributed by atoms with Crippen molar-refractivity contribution < 1.29 is 19.6 Å². The lowest BCUT2D eigenvalue weighted by molar-refractivity contribution is -0.385. The normalized spacial score (nSPS) is 11.9. The van der Waals surface area contributed by atoms with Crippen LogP contribution in [0.15, 0.2) is 18.2 Å². The van der Waals surface area contributed by atoms with Crippen LogP contribution in [0.2, 0.25) is 0 Å². The van der Waals surface area contributed by atoms with Crippen molar-refractivity contribution in [2.45, 2.75) is 12.6 Å². The van der Waals surface area contributed by atoms with Gasteiger partial charge in [0, 0.05) is 19.2 Å². The fraction of sp³-hybridized carbons (Fsp3) is 0.364. The average Bonchev–Trinajstić information content (AvgIpc) is 2.38. The number of nitro groups is 1. The van der Waals surface area contributed by atoms with Crippen LogP contribution in [0.3, 0.4) is 0 Å². The molecule has 19 heavy (non-hydrogen) atoms. The number of methoxy groups -OCH3 is 1. The molecule has 104 valence electrons. The smallest absolute Gasteiger partial charge is 0.311 e. The zero-order valence-electron chi connectivity index (χ0n) is 10.3. The monoisotopic (exact) mass is 269 g/mol. The van der Waals surface area contributed by atoms with Crippen molar-refractivity contribution in [2.75, 3.05) is 13.7 Å². The molecular weight excluding hydrogens is 254 g/mol. The summed E-state index contributed by atoms with van der Waals surface area (Å²) < 4.78 is 4.87. The van der Waals surface area contributed by atoms with Gasteiger partial charge in [-0.05, 0) is 11.6 Å². The van der Waals surface area contributed by atoms with E-state index in [2.05, 4.69) is 5.32 Å². The second-order valence-electron chi connectivity index (χ2n) is 3.81. The van der Waals surface area contributed by atoms with Crippen LogP contribution in [0.1, 0.15) is 5.56 Å². The van der Waals surface area contributed by atoms with E-state index in [0.717, 1.165) is 0 Å². The van der Waals surface area contributed by atoms with Crippen molar-refractivity contribution in [2.24, 2.45) is 5.73 Å². The van der Waals surface area contributed by atoms with Gasteiger partial charge >= 0.3 is 5.69 Å². The summed E-state index contributed by atoms with van der Waals surface area (Å²) in [6.07, 6.45) is -1.28. The predicted molar refractivity (Wildman–Crippen MR) is 66.6 cm³/mol. The molecule has 0 fully saturated rings. The van der Waals surface area contributed by atoms with E-state index in [1.807, 2.05) is 0 Å². The third kappa shape index (κ3) is 4.19. The number of aliphatic hydroxyl groups is 1. The fourth-order valence-corrected chi connectivity index (χ4v) is 1.44. The molecule has 0 aliphatic rings. The number of primary amides is 1. The van der Waals surface area contributed by atoms with Crippen molar-refractivity contribution in [3.8, 4) is 5.75 Å². The number of hydrogen-bond acceptors (Lipinski definition) is 6. The second kappa shape index (κ2) is 6.66. The van der Waals surface area contributed by atoms with Gasteiger partial charge in [-0.1, -0.05) is 6.07 Å². The predicted octanol–water partition coefficient (Wildman–Crippen LogP) is -0.461. The largest absolute Gasteiger partial charge is 0.490 e. The first kappa shape index (κ1) is 14.9. The number of nitrogens with zero attached hydrogens (tertiary/aromatic N) is 1. The molecular formula is C11H15N3O5. The molecule has 0 bridgehead atoms. The number of carbonyl (C=O) groups is 1. The Labute approximate surface area is 109 Å². The van der Waals surface area contributed by atoms with Gasteiger partial charge in [0.2, 0.25) is 5.91 Å². The second-order valence-corrected chi connectivity index (χ2v) is 3.81. The molecule has 1 aromatic rings. The van der Waals surface area contributed by atoms with E-state index < -0.39 is 16.9 Å². The molecule has 0 saturated heterocycles. The van der Waals surface area contributed by atoms with E-state index in [9.17, 15) is 14.9 Å². The van der Waals surface area contributed by atoms with E-state index in [4.69, 9.17) is 15.6 Å². The first-order valence-corrected chi connectivity index (χ1v) is 5.45. The lowest BCUT2D eigenvalue weighted by Gasteiger charge is -2.09. The van der Waals surface area contributed by atoms with Crippen LogP contribution in [0.25, 0.3) is 0 Å². The fourth-order valence-electron chi connectivity index (χ4n) is 1.44. The Hall–Kier alpha value is -2.19. The highest BCUT2D eigenvalue weighted by atomic mass is 16.6. The molecule has 1 amide bonds. The number of amides is 1. The molecule has 0 saturated carbocycles. The summed E-state index contributed by atoms with van der Waals surface area (Å²) in [5.41, 5.74) is 5.37. The first-order valence-electron chi connectivity index (χ1n) is 5.45. The quantitative estimate of drug-likeness (QED) is 0.454. The lowest BCUT2D eigenvalue weighted by atomic mass is 10.2. The van der Waals surface area contributed by atoms with Crippen LogP contribution in [-0.2, 0) is 11.3 Å². The number of nitro benzene ring substituents is 1. The van der Waals surface area contributed by atoms with Gasteiger partial charge in [0.1, 0.15) is 6.10 Å². The van der Waals surface area contributed by atoms with Crippen LogP contribution >= 0.6 is 0 Å². The Balaban J connectivity index is 2.67. The Bertz CT molecular complexity index is 477. The average molecular weight is 269 g/mol. The minimum atomic E-state index is -1.28. The highest BCUT2D eigenvalue weighted by Crippen LogP contribution is 2.27. The van der Waals surface area contributed by atoms with Crippen molar-refractivity contribution in [1.82, 2.24) is 5.32 Å². The summed E-state index contributed by atoms with van der Waals surface area (Å²) in [6, 6.07) is 4.50. The Morgan fingerprint density at radius 3 is 2.84 bits per heavy atom. The molecule has 0 aliphatic heterocycles. The first-order chi connectivity index (χ1) is 8.95. The van der Waals surface area contributed by atoms with Gasteiger partial charge in [0.05, 0.1) is 12.0 Å². The molecule has 8 nitrogen and oxygen atoms in total. The van der Waals surface area contributed by atoms with E-state index >= 15 is 0 Å². The molecule has 0 aliphatic carbocycles. The Morgan fingerprint density at radius 1 is 1.63 bits per heavy atom. The van der Waals surface area contributed by atoms with Crippen LogP contribution in [-0.4, -0.2) is 35.7 Å². The van der Waals surface area contributed by atoms with Crippen LogP contribution in [0.4, 0.5) is 5.69 Å². The highest BCUT2D eigenvalue weighted by Gasteiger charge is 2.15. The zero-order chi connectivity index (χ0) is 14.4. The van der Waals surface area contributed by atoms with Gasteiger partial charge in [0.15, 0.2) is 5.75 Å². The zero-order valence-corrected chi connectivity index (χ0v) is 10.3. The van der Waals surface area contributed by atoms with E-state index in [1.54, 1.807) is 6.07 Å². The number of nitrogens with two attached hydrogens (primary N) is 1. The Kier molecular flexibility index (Phi) is 5.22. The summed E-state index contributed by atoms with van der Waals surface area (Å²) in [6.45, 7) is 0.240. The van der Waals surface area contributed by atoms with E-state index in [0.29, 0.717) is 5.56 Å². The third-order valence-corrected chi connectivity index (χ3v) is 2.44. The third-order valence-electron chi connectivity index (χ3n) is 2.44. The van der Waals surface area contributed by atoms with Crippen LogP contribution < -0.4 is 15.8 Å². The summed E-state index contributed by atoms with van der Waals surface area (Å²) in [7, 11) is 1.35. The lowest BCUT2D eigenvalue weighted by Crippen LogP contribution is -2.37. The maximum Gasteiger partial charge on any atom is 0.311 e. The van der Waals surface area contributed by atoms with Crippen molar-refractivity contribution in [3.05, 3.63) is 33.9 Å². The standard InChI is InChI=1S/C11H15N3O5/c1-19-10-3-2-7(4-8(10)14(17)18)5-13-6-9(15)11(12)16/h2-4,9,13,15H,5-6H2,1H3,(H2,12,16). The molecule has 0 radical (unpaired) electrons. The minimum Gasteiger partial charge on any atom is -0.490 e. The molecule has 0 aromatic heterocycles. The number of nitrogens with one attached hydrogen (secondary N) is 1. The summed E-state index contributed by atoms with van der Waals surface area (Å²) >= 11 is 0. The minimum absolute atomic E-state index is 0.0187. The van der Waals surface area contributed by atoms with Crippen molar-refractivity contribution in [1.29, 1.82) is 0 Å². The van der Waals surface area contributed by atoms with Crippen molar-refractivity contribution >= 4 is 11.6 Å². The summed E-state index contributed by atoms with van der Waals surface area (Å²) in [5.74, 6) is -0.654. The van der Waals surface area contributed by atoms with Gasteiger partial charge in [-0.25, -0.2) is 0 Å². The SMILES string of the molecule is COc1ccc(CNCC(O)C(N)=O)cc1[N+](=O)[O-]. The summed E-state index contributed by atoms with van der Waals surface area (Å²) in [4.78, 5) is 20.9. The molecule has 0 spiro atoms. The maximum atomic E-state index is 10.8. The topological polar surface area (TPSA) is 128 Å². The maximum absolute atomic E-state index is 10.8. The molecule has 0 heterocycles. The van der Waals surface area contributed by atoms with Gasteiger partial charge in [-0.3, -0.25) is 14.9 Å². The van der Waals surface area contributed by atoms with E-state index in [-0.39, 0.29) is 24.5 Å². The summed E-state index contributed by atoms with van der Waals surface area (Å²) in [5, 5.41) is 22.7. The molecule has 1 atom stereocenters. The molecule has 1 rings (SSSR count). The Morgan fingerprint density at radius 2 is 2.32 bits per heavy atom. The molecule has 1 unspecified atom stereocenters. The van der Waals surface area contributed by atoms with Crippen molar-refractivity contribution in [3.63, 3.8) is 0 Å². The number of benzene rings is 1. The molecule has 8 heteroatoms. The number of carbonyl (C=O) groups excluding carboxylic acids is 1. The number of ether oxygens (including phenoxy) is 1. The van der Waals surface area contributed by atoms with Crippen LogP contribution in [0.5, 0.6) is 5.75 Å². The van der Waals surface area contributed by atoms with Gasteiger partial charge < -0.3 is 20.9 Å². The van der Waals surface area contributed by atoms with Gasteiger partial charge in [-0.15, -0.1) is 0 Å². The number of rotatable bonds is 7. The highest BCUT2D eigenvalue weighted by molar-refractivity contribution is 5.78. The van der Waals surface area contributed by atoms with Gasteiger partial charge in [-0.2, -0.15) is 0 Å². The van der Waals surface area contributed by atoms with Crippen LogP contribution in [0, 0.1) is 10.1 Å².